The Kier molecular flexibility index (Phi) is 8.71. The molecule has 204 valence electrons. The van der Waals surface area contributed by atoms with Crippen LogP contribution in [0.1, 0.15) is 111 Å². The summed E-state index contributed by atoms with van der Waals surface area (Å²) in [5, 5.41) is 0. The fourth-order valence-corrected chi connectivity index (χ4v) is 7.05. The predicted octanol–water partition coefficient (Wildman–Crippen LogP) is 7.53. The molecule has 0 aromatic heterocycles. The second kappa shape index (κ2) is 10.9. The summed E-state index contributed by atoms with van der Waals surface area (Å²) in [7, 11) is 0. The molecular formula is C33H48O4. The number of carbonyl (C=O) groups excluding carboxylic acids is 4. The molecule has 1 aromatic rings. The van der Waals surface area contributed by atoms with Gasteiger partial charge in [0.2, 0.25) is 0 Å². The summed E-state index contributed by atoms with van der Waals surface area (Å²) < 4.78 is 0. The summed E-state index contributed by atoms with van der Waals surface area (Å²) >= 11 is 0. The molecule has 2 aliphatic rings. The Morgan fingerprint density at radius 3 is 1.89 bits per heavy atom. The average Bonchev–Trinajstić information content (AvgIpc) is 2.82. The molecule has 4 nitrogen and oxygen atoms in total. The topological polar surface area (TPSA) is 68.3 Å². The molecule has 4 heteroatoms. The first kappa shape index (κ1) is 29.5. The molecule has 0 amide bonds. The molecule has 1 unspecified atom stereocenters. The third-order valence-electron chi connectivity index (χ3n) is 9.57. The van der Waals surface area contributed by atoms with E-state index in [1.165, 1.54) is 0 Å². The van der Waals surface area contributed by atoms with Gasteiger partial charge in [-0.15, -0.1) is 0 Å². The minimum absolute atomic E-state index is 0.0774. The first-order chi connectivity index (χ1) is 17.2. The van der Waals surface area contributed by atoms with Crippen LogP contribution in [0.25, 0.3) is 0 Å². The summed E-state index contributed by atoms with van der Waals surface area (Å²) in [5.41, 5.74) is -3.34. The summed E-state index contributed by atoms with van der Waals surface area (Å²) in [6.07, 6.45) is 4.17. The number of Topliss-reactive ketones (excluding diaryl/α,β-unsaturated/α-hetero) is 4. The van der Waals surface area contributed by atoms with Gasteiger partial charge in [0, 0.05) is 5.56 Å². The Bertz CT molecular complexity index is 1020. The average molecular weight is 509 g/mol. The van der Waals surface area contributed by atoms with Crippen LogP contribution in [-0.2, 0) is 14.4 Å². The second-order valence-electron chi connectivity index (χ2n) is 13.6. The van der Waals surface area contributed by atoms with Gasteiger partial charge in [-0.05, 0) is 67.6 Å². The first-order valence-corrected chi connectivity index (χ1v) is 14.5. The molecule has 2 aliphatic carbocycles. The Labute approximate surface area is 224 Å². The molecule has 0 radical (unpaired) electrons. The van der Waals surface area contributed by atoms with Crippen molar-refractivity contribution in [1.29, 1.82) is 0 Å². The van der Waals surface area contributed by atoms with Gasteiger partial charge in [0.25, 0.3) is 0 Å². The predicted molar refractivity (Wildman–Crippen MR) is 148 cm³/mol. The van der Waals surface area contributed by atoms with E-state index >= 15 is 0 Å². The Hall–Kier alpha value is -2.10. The third kappa shape index (κ3) is 4.90. The van der Waals surface area contributed by atoms with E-state index in [0.29, 0.717) is 49.0 Å². The van der Waals surface area contributed by atoms with Crippen LogP contribution in [0.5, 0.6) is 0 Å². The van der Waals surface area contributed by atoms with E-state index in [9.17, 15) is 19.2 Å². The molecule has 1 aromatic carbocycles. The zero-order valence-electron chi connectivity index (χ0n) is 24.4. The normalized spacial score (nSPS) is 29.4. The van der Waals surface area contributed by atoms with Gasteiger partial charge in [-0.1, -0.05) is 92.1 Å². The van der Waals surface area contributed by atoms with Gasteiger partial charge in [0.1, 0.15) is 0 Å². The van der Waals surface area contributed by atoms with E-state index < -0.39 is 39.5 Å². The van der Waals surface area contributed by atoms with Crippen LogP contribution in [0.2, 0.25) is 0 Å². The molecule has 2 bridgehead atoms. The van der Waals surface area contributed by atoms with Crippen molar-refractivity contribution in [2.24, 2.45) is 45.8 Å². The smallest absolute Gasteiger partial charge is 0.183 e. The molecule has 0 heterocycles. The van der Waals surface area contributed by atoms with E-state index in [4.69, 9.17) is 0 Å². The van der Waals surface area contributed by atoms with Crippen LogP contribution in [0.15, 0.2) is 30.3 Å². The van der Waals surface area contributed by atoms with E-state index in [-0.39, 0.29) is 18.1 Å². The minimum Gasteiger partial charge on any atom is -0.298 e. The number of fused-ring (bicyclic) bond motifs is 2. The van der Waals surface area contributed by atoms with E-state index in [2.05, 4.69) is 55.4 Å². The minimum atomic E-state index is -1.77. The van der Waals surface area contributed by atoms with Crippen LogP contribution >= 0.6 is 0 Å². The largest absolute Gasteiger partial charge is 0.298 e. The van der Waals surface area contributed by atoms with Gasteiger partial charge >= 0.3 is 0 Å². The standard InChI is InChI=1S/C33H48O4/c1-21(2)14-16-25-20-32(27(34)24-12-10-9-11-13-24)28(35)26(17-15-22(3)4)29(36)33(30(32)37,31(25,7)8)19-18-23(5)6/h9-13,21-23,25-26H,14-20H2,1-8H3/t25-,26?,32+,33+/m0/s1. The van der Waals surface area contributed by atoms with Crippen molar-refractivity contribution in [2.75, 3.05) is 0 Å². The summed E-state index contributed by atoms with van der Waals surface area (Å²) in [6.45, 7) is 16.8. The van der Waals surface area contributed by atoms with Crippen LogP contribution in [0.4, 0.5) is 0 Å². The highest BCUT2D eigenvalue weighted by atomic mass is 16.2. The third-order valence-corrected chi connectivity index (χ3v) is 9.57. The van der Waals surface area contributed by atoms with Crippen molar-refractivity contribution in [3.05, 3.63) is 35.9 Å². The van der Waals surface area contributed by atoms with Crippen LogP contribution in [0, 0.1) is 45.8 Å². The number of hydrogen-bond donors (Lipinski definition) is 0. The maximum Gasteiger partial charge on any atom is 0.183 e. The molecule has 0 spiro atoms. The second-order valence-corrected chi connectivity index (χ2v) is 13.6. The molecular weight excluding hydrogens is 460 g/mol. The zero-order chi connectivity index (χ0) is 27.8. The first-order valence-electron chi connectivity index (χ1n) is 14.5. The number of carbonyl (C=O) groups is 4. The number of benzene rings is 1. The zero-order valence-corrected chi connectivity index (χ0v) is 24.4. The molecule has 4 atom stereocenters. The molecule has 0 N–H and O–H groups in total. The summed E-state index contributed by atoms with van der Waals surface area (Å²) in [6, 6.07) is 8.79. The SMILES string of the molecule is CC(C)CCC1C(=O)[C@]2(C(=O)c3ccccc3)C[C@H](CCC(C)C)C(C)(C)[C@](CCC(C)C)(C1=O)C2=O. The quantitative estimate of drug-likeness (QED) is 0.229. The highest BCUT2D eigenvalue weighted by molar-refractivity contribution is 6.40. The molecule has 0 saturated heterocycles. The van der Waals surface area contributed by atoms with Crippen molar-refractivity contribution in [2.45, 2.75) is 100 Å². The highest BCUT2D eigenvalue weighted by Gasteiger charge is 2.76. The fraction of sp³-hybridized carbons (Fsp3) is 0.697. The monoisotopic (exact) mass is 508 g/mol. The van der Waals surface area contributed by atoms with E-state index in [0.717, 1.165) is 12.8 Å². The molecule has 2 fully saturated rings. The lowest BCUT2D eigenvalue weighted by Gasteiger charge is -2.61. The lowest BCUT2D eigenvalue weighted by Crippen LogP contribution is -2.73. The van der Waals surface area contributed by atoms with E-state index in [1.54, 1.807) is 24.3 Å². The Morgan fingerprint density at radius 1 is 0.811 bits per heavy atom. The van der Waals surface area contributed by atoms with Gasteiger partial charge < -0.3 is 0 Å². The van der Waals surface area contributed by atoms with Crippen LogP contribution in [0.3, 0.4) is 0 Å². The highest BCUT2D eigenvalue weighted by Crippen LogP contribution is 2.65. The van der Waals surface area contributed by atoms with Crippen molar-refractivity contribution >= 4 is 23.1 Å². The molecule has 0 aliphatic heterocycles. The lowest BCUT2D eigenvalue weighted by molar-refractivity contribution is -0.183. The van der Waals surface area contributed by atoms with Crippen molar-refractivity contribution < 1.29 is 19.2 Å². The number of rotatable bonds is 11. The van der Waals surface area contributed by atoms with Crippen molar-refractivity contribution in [3.63, 3.8) is 0 Å². The van der Waals surface area contributed by atoms with Gasteiger partial charge in [-0.2, -0.15) is 0 Å². The molecule has 2 saturated carbocycles. The van der Waals surface area contributed by atoms with E-state index in [1.807, 2.05) is 6.07 Å². The summed E-state index contributed by atoms with van der Waals surface area (Å²) in [4.78, 5) is 58.2. The lowest BCUT2D eigenvalue weighted by atomic mass is 9.37. The molecule has 37 heavy (non-hydrogen) atoms. The van der Waals surface area contributed by atoms with Gasteiger partial charge in [0.05, 0.1) is 11.3 Å². The van der Waals surface area contributed by atoms with Gasteiger partial charge in [-0.3, -0.25) is 19.2 Å². The van der Waals surface area contributed by atoms with Crippen molar-refractivity contribution in [3.8, 4) is 0 Å². The maximum atomic E-state index is 14.8. The number of ketones is 4. The Balaban J connectivity index is 2.30. The van der Waals surface area contributed by atoms with Gasteiger partial charge in [0.15, 0.2) is 28.5 Å². The Morgan fingerprint density at radius 2 is 1.35 bits per heavy atom. The molecule has 3 rings (SSSR count). The van der Waals surface area contributed by atoms with Crippen molar-refractivity contribution in [1.82, 2.24) is 0 Å². The fourth-order valence-electron chi connectivity index (χ4n) is 7.05. The van der Waals surface area contributed by atoms with Gasteiger partial charge in [-0.25, -0.2) is 0 Å². The van der Waals surface area contributed by atoms with Crippen LogP contribution in [-0.4, -0.2) is 23.1 Å². The summed E-state index contributed by atoms with van der Waals surface area (Å²) in [5.74, 6) is -1.35. The maximum absolute atomic E-state index is 14.8. The van der Waals surface area contributed by atoms with Crippen LogP contribution < -0.4 is 0 Å². The number of hydrogen-bond acceptors (Lipinski definition) is 4.